The SMILES string of the molecule is CCC(C)OC(=O)C1(NC(=O)OC(C)(C)C)C=C[N@+]([O-])(Oc2c(F)c(F)c(F)c(F)c2F)C(c2cccc(Cl)c2)=C1. The third kappa shape index (κ3) is 6.80. The number of amides is 1. The van der Waals surface area contributed by atoms with Crippen LogP contribution in [0.1, 0.15) is 46.6 Å². The second-order valence-electron chi connectivity index (χ2n) is 10.1. The summed E-state index contributed by atoms with van der Waals surface area (Å²) in [5, 5.41) is 16.4. The van der Waals surface area contributed by atoms with Gasteiger partial charge in [-0.25, -0.2) is 22.8 Å². The van der Waals surface area contributed by atoms with Gasteiger partial charge < -0.3 is 14.7 Å². The highest BCUT2D eigenvalue weighted by Crippen LogP contribution is 2.40. The molecule has 0 radical (unpaired) electrons. The molecule has 3 rings (SSSR count). The van der Waals surface area contributed by atoms with Crippen molar-refractivity contribution < 1.29 is 50.7 Å². The molecule has 14 heteroatoms. The predicted octanol–water partition coefficient (Wildman–Crippen LogP) is 6.82. The molecule has 0 saturated heterocycles. The highest BCUT2D eigenvalue weighted by Gasteiger charge is 2.48. The number of benzene rings is 2. The van der Waals surface area contributed by atoms with E-state index in [0.29, 0.717) is 12.6 Å². The molecule has 1 heterocycles. The Morgan fingerprint density at radius 3 is 2.20 bits per heavy atom. The Hall–Kier alpha value is -3.68. The predicted molar refractivity (Wildman–Crippen MR) is 137 cm³/mol. The molecule has 222 valence electrons. The Morgan fingerprint density at radius 2 is 1.66 bits per heavy atom. The van der Waals surface area contributed by atoms with Gasteiger partial charge in [0, 0.05) is 22.7 Å². The van der Waals surface area contributed by atoms with Gasteiger partial charge in [-0.1, -0.05) is 24.6 Å². The zero-order valence-electron chi connectivity index (χ0n) is 22.5. The summed E-state index contributed by atoms with van der Waals surface area (Å²) >= 11 is 6.07. The maximum Gasteiger partial charge on any atom is 0.409 e. The Kier molecular flexibility index (Phi) is 9.06. The summed E-state index contributed by atoms with van der Waals surface area (Å²) in [6.45, 7) is 7.94. The number of nitrogens with zero attached hydrogens (tertiary/aromatic N) is 1. The van der Waals surface area contributed by atoms with E-state index < -0.39 is 74.6 Å². The van der Waals surface area contributed by atoms with Crippen LogP contribution >= 0.6 is 11.6 Å². The Bertz CT molecular complexity index is 1400. The van der Waals surface area contributed by atoms with Crippen LogP contribution in [-0.2, 0) is 14.3 Å². The number of carbonyl (C=O) groups excluding carboxylic acids is 2. The molecule has 1 aliphatic heterocycles. The lowest BCUT2D eigenvalue weighted by atomic mass is 9.93. The van der Waals surface area contributed by atoms with Crippen LogP contribution in [0.15, 0.2) is 42.6 Å². The van der Waals surface area contributed by atoms with E-state index in [-0.39, 0.29) is 10.6 Å². The number of ether oxygens (including phenoxy) is 2. The molecule has 0 aromatic heterocycles. The van der Waals surface area contributed by atoms with Gasteiger partial charge in [0.2, 0.25) is 29.1 Å². The molecule has 0 fully saturated rings. The van der Waals surface area contributed by atoms with Crippen LogP contribution in [0.2, 0.25) is 5.02 Å². The smallest absolute Gasteiger partial charge is 0.409 e. The van der Waals surface area contributed by atoms with Crippen molar-refractivity contribution in [2.24, 2.45) is 0 Å². The van der Waals surface area contributed by atoms with Gasteiger partial charge in [0.05, 0.1) is 6.10 Å². The van der Waals surface area contributed by atoms with Crippen LogP contribution in [0.3, 0.4) is 0 Å². The van der Waals surface area contributed by atoms with Crippen molar-refractivity contribution in [3.8, 4) is 5.75 Å². The topological polar surface area (TPSA) is 96.9 Å². The number of nitrogens with one attached hydrogen (secondary N) is 1. The van der Waals surface area contributed by atoms with Gasteiger partial charge in [-0.3, -0.25) is 10.2 Å². The first-order valence-electron chi connectivity index (χ1n) is 12.2. The highest BCUT2D eigenvalue weighted by molar-refractivity contribution is 6.30. The van der Waals surface area contributed by atoms with E-state index in [0.717, 1.165) is 12.2 Å². The van der Waals surface area contributed by atoms with Gasteiger partial charge in [0.25, 0.3) is 5.75 Å². The van der Waals surface area contributed by atoms with Gasteiger partial charge >= 0.3 is 12.1 Å². The maximum atomic E-state index is 14.5. The molecule has 2 aromatic rings. The molecule has 41 heavy (non-hydrogen) atoms. The van der Waals surface area contributed by atoms with E-state index in [9.17, 15) is 36.7 Å². The molecule has 0 bridgehead atoms. The normalized spacial score (nSPS) is 21.1. The maximum absolute atomic E-state index is 14.5. The van der Waals surface area contributed by atoms with Crippen molar-refractivity contribution in [3.63, 3.8) is 0 Å². The molecular formula is C27H26ClF5N2O6. The van der Waals surface area contributed by atoms with Gasteiger partial charge in [0.1, 0.15) is 11.8 Å². The Labute approximate surface area is 237 Å². The van der Waals surface area contributed by atoms with E-state index in [2.05, 4.69) is 5.32 Å². The molecule has 0 spiro atoms. The summed E-state index contributed by atoms with van der Waals surface area (Å²) in [4.78, 5) is 28.7. The first kappa shape index (κ1) is 31.8. The van der Waals surface area contributed by atoms with Crippen molar-refractivity contribution in [3.05, 3.63) is 87.5 Å². The summed E-state index contributed by atoms with van der Waals surface area (Å²) < 4.78 is 81.1. The number of esters is 1. The second-order valence-corrected chi connectivity index (χ2v) is 10.5. The van der Waals surface area contributed by atoms with E-state index in [4.69, 9.17) is 25.9 Å². The fourth-order valence-corrected chi connectivity index (χ4v) is 3.72. The fraction of sp³-hybridized carbons (Fsp3) is 0.333. The second kappa shape index (κ2) is 11.7. The number of hydrogen-bond donors (Lipinski definition) is 1. The van der Waals surface area contributed by atoms with Crippen molar-refractivity contribution in [1.29, 1.82) is 0 Å². The number of hydroxylamine groups is 4. The summed E-state index contributed by atoms with van der Waals surface area (Å²) in [6, 6.07) is 5.29. The third-order valence-electron chi connectivity index (χ3n) is 5.68. The van der Waals surface area contributed by atoms with Gasteiger partial charge in [-0.2, -0.15) is 8.78 Å². The molecule has 8 nitrogen and oxygen atoms in total. The quantitative estimate of drug-likeness (QED) is 0.0931. The van der Waals surface area contributed by atoms with E-state index >= 15 is 0 Å². The van der Waals surface area contributed by atoms with E-state index in [1.807, 2.05) is 0 Å². The molecular weight excluding hydrogens is 579 g/mol. The highest BCUT2D eigenvalue weighted by atomic mass is 35.5. The molecule has 0 aliphatic carbocycles. The standard InChI is InChI=1S/C27H26ClF5N2O6/c1-6-14(2)39-24(36)27(34-25(37)40-26(3,4)5)10-11-35(38,17(13-27)15-8-7-9-16(28)12-15)41-23-21(32)19(30)18(29)20(31)22(23)33/h7-14H,6H2,1-5H3,(H,34,37)/t14?,27?,35-/m0/s1. The van der Waals surface area contributed by atoms with Crippen LogP contribution in [-0.4, -0.2) is 34.1 Å². The summed E-state index contributed by atoms with van der Waals surface area (Å²) in [7, 11) is 0. The third-order valence-corrected chi connectivity index (χ3v) is 5.91. The van der Waals surface area contributed by atoms with Gasteiger partial charge in [0.15, 0.2) is 11.2 Å². The number of alkyl carbamates (subject to hydrolysis) is 1. The van der Waals surface area contributed by atoms with Crippen LogP contribution in [0.4, 0.5) is 26.7 Å². The molecule has 2 unspecified atom stereocenters. The zero-order valence-corrected chi connectivity index (χ0v) is 23.2. The van der Waals surface area contributed by atoms with Gasteiger partial charge in [-0.05, 0) is 52.3 Å². The van der Waals surface area contributed by atoms with Crippen molar-refractivity contribution in [2.75, 3.05) is 0 Å². The fourth-order valence-electron chi connectivity index (χ4n) is 3.53. The molecule has 2 aromatic carbocycles. The summed E-state index contributed by atoms with van der Waals surface area (Å²) in [6.07, 6.45) is 0.754. The number of halogens is 6. The molecule has 3 atom stereocenters. The van der Waals surface area contributed by atoms with Crippen LogP contribution < -0.4 is 10.2 Å². The lowest BCUT2D eigenvalue weighted by Crippen LogP contribution is -2.57. The average Bonchev–Trinajstić information content (AvgIpc) is 2.89. The minimum atomic E-state index is -2.46. The van der Waals surface area contributed by atoms with Crippen LogP contribution in [0.5, 0.6) is 5.75 Å². The van der Waals surface area contributed by atoms with Crippen molar-refractivity contribution in [2.45, 2.75) is 58.3 Å². The van der Waals surface area contributed by atoms with E-state index in [1.165, 1.54) is 24.3 Å². The molecule has 1 N–H and O–H groups in total. The lowest BCUT2D eigenvalue weighted by Gasteiger charge is -2.41. The van der Waals surface area contributed by atoms with Crippen LogP contribution in [0.25, 0.3) is 5.70 Å². The van der Waals surface area contributed by atoms with Crippen molar-refractivity contribution >= 4 is 29.4 Å². The first-order valence-corrected chi connectivity index (χ1v) is 12.5. The van der Waals surface area contributed by atoms with Crippen molar-refractivity contribution in [1.82, 2.24) is 5.32 Å². The molecule has 0 saturated carbocycles. The summed E-state index contributed by atoms with van der Waals surface area (Å²) in [5.41, 5.74) is -4.02. The van der Waals surface area contributed by atoms with Crippen LogP contribution in [0, 0.1) is 34.3 Å². The average molecular weight is 605 g/mol. The van der Waals surface area contributed by atoms with Gasteiger partial charge in [-0.15, -0.1) is 4.81 Å². The number of hydrogen-bond acceptors (Lipinski definition) is 6. The lowest BCUT2D eigenvalue weighted by molar-refractivity contribution is -0.936. The Morgan fingerprint density at radius 1 is 1.07 bits per heavy atom. The zero-order chi connectivity index (χ0) is 30.9. The number of quaternary nitrogens is 1. The minimum Gasteiger partial charge on any atom is -0.579 e. The molecule has 1 aliphatic rings. The Balaban J connectivity index is 2.25. The number of carbonyl (C=O) groups is 2. The monoisotopic (exact) mass is 604 g/mol. The number of rotatable bonds is 7. The summed E-state index contributed by atoms with van der Waals surface area (Å²) in [5.74, 6) is -14.9. The largest absolute Gasteiger partial charge is 0.579 e. The minimum absolute atomic E-state index is 0.0635. The van der Waals surface area contributed by atoms with E-state index in [1.54, 1.807) is 34.6 Å². The molecule has 1 amide bonds. The first-order chi connectivity index (χ1) is 18.9.